The zero-order chi connectivity index (χ0) is 21.4. The molecule has 1 saturated heterocycles. The highest BCUT2D eigenvalue weighted by molar-refractivity contribution is 5.33. The quantitative estimate of drug-likeness (QED) is 0.679. The minimum atomic E-state index is -0.406. The fourth-order valence-electron chi connectivity index (χ4n) is 4.61. The number of hydrogen-bond donors (Lipinski definition) is 1. The Morgan fingerprint density at radius 3 is 2.13 bits per heavy atom. The molecule has 1 heterocycles. The van der Waals surface area contributed by atoms with Crippen LogP contribution in [0.25, 0.3) is 0 Å². The molecule has 30 heavy (non-hydrogen) atoms. The topological polar surface area (TPSA) is 50.5 Å². The van der Waals surface area contributed by atoms with E-state index < -0.39 is 5.41 Å². The van der Waals surface area contributed by atoms with Crippen molar-refractivity contribution in [3.63, 3.8) is 0 Å². The maximum absolute atomic E-state index is 10.1. The van der Waals surface area contributed by atoms with Crippen molar-refractivity contribution < 1.29 is 5.11 Å². The summed E-state index contributed by atoms with van der Waals surface area (Å²) in [5, 5.41) is 19.6. The van der Waals surface area contributed by atoms with Crippen molar-refractivity contribution >= 4 is 0 Å². The fourth-order valence-corrected chi connectivity index (χ4v) is 4.61. The van der Waals surface area contributed by atoms with Crippen molar-refractivity contribution in [2.24, 2.45) is 5.92 Å². The lowest BCUT2D eigenvalue weighted by atomic mass is 9.70. The number of piperazine rings is 1. The Labute approximate surface area is 181 Å². The van der Waals surface area contributed by atoms with E-state index in [1.54, 1.807) is 0 Å². The van der Waals surface area contributed by atoms with E-state index in [4.69, 9.17) is 0 Å². The predicted octanol–water partition coefficient (Wildman–Crippen LogP) is 4.19. The van der Waals surface area contributed by atoms with Gasteiger partial charge in [0.15, 0.2) is 0 Å². The Bertz CT molecular complexity index is 822. The van der Waals surface area contributed by atoms with Crippen LogP contribution in [0.4, 0.5) is 0 Å². The van der Waals surface area contributed by atoms with Crippen molar-refractivity contribution in [2.75, 3.05) is 32.7 Å². The molecule has 0 aromatic heterocycles. The third-order valence-electron chi connectivity index (χ3n) is 6.67. The number of nitriles is 1. The van der Waals surface area contributed by atoms with Gasteiger partial charge in [0.2, 0.25) is 0 Å². The van der Waals surface area contributed by atoms with Gasteiger partial charge in [-0.05, 0) is 42.0 Å². The normalized spacial score (nSPS) is 17.6. The lowest BCUT2D eigenvalue weighted by Gasteiger charge is -2.36. The van der Waals surface area contributed by atoms with E-state index in [1.807, 2.05) is 36.4 Å². The molecule has 1 aliphatic heterocycles. The van der Waals surface area contributed by atoms with E-state index in [0.29, 0.717) is 0 Å². The van der Waals surface area contributed by atoms with Crippen LogP contribution < -0.4 is 0 Å². The molecule has 0 aliphatic carbocycles. The van der Waals surface area contributed by atoms with E-state index in [-0.39, 0.29) is 12.5 Å². The van der Waals surface area contributed by atoms with Crippen LogP contribution in [0.1, 0.15) is 43.4 Å². The van der Waals surface area contributed by atoms with Gasteiger partial charge in [-0.15, -0.1) is 0 Å². The van der Waals surface area contributed by atoms with Gasteiger partial charge in [0.05, 0.1) is 18.1 Å². The summed E-state index contributed by atoms with van der Waals surface area (Å²) in [6.45, 7) is 10.6. The average molecular weight is 406 g/mol. The molecule has 4 heteroatoms. The number of benzene rings is 2. The lowest BCUT2D eigenvalue weighted by molar-refractivity contribution is 0.123. The second kappa shape index (κ2) is 10.7. The molecular formula is C26H35N3O. The first-order valence-corrected chi connectivity index (χ1v) is 11.2. The molecule has 0 bridgehead atoms. The highest BCUT2D eigenvalue weighted by Crippen LogP contribution is 2.36. The second-order valence-electron chi connectivity index (χ2n) is 8.75. The van der Waals surface area contributed by atoms with Crippen LogP contribution in [0.3, 0.4) is 0 Å². The maximum Gasteiger partial charge on any atom is 0.0845 e. The molecule has 4 nitrogen and oxygen atoms in total. The van der Waals surface area contributed by atoms with Crippen LogP contribution in [0.2, 0.25) is 0 Å². The van der Waals surface area contributed by atoms with Crippen LogP contribution in [0.15, 0.2) is 54.6 Å². The van der Waals surface area contributed by atoms with Gasteiger partial charge in [-0.2, -0.15) is 5.26 Å². The smallest absolute Gasteiger partial charge is 0.0845 e. The summed E-state index contributed by atoms with van der Waals surface area (Å²) in [6, 6.07) is 21.1. The Kier molecular flexibility index (Phi) is 8.04. The van der Waals surface area contributed by atoms with E-state index in [9.17, 15) is 10.4 Å². The molecule has 1 atom stereocenters. The number of hydrogen-bond acceptors (Lipinski definition) is 4. The number of nitrogens with zero attached hydrogens (tertiary/aromatic N) is 3. The molecule has 0 saturated carbocycles. The summed E-state index contributed by atoms with van der Waals surface area (Å²) in [7, 11) is 0. The lowest BCUT2D eigenvalue weighted by Crippen LogP contribution is -2.46. The molecule has 2 aromatic carbocycles. The van der Waals surface area contributed by atoms with Crippen molar-refractivity contribution in [1.29, 1.82) is 5.26 Å². The minimum absolute atomic E-state index is 0.105. The molecular weight excluding hydrogens is 370 g/mol. The zero-order valence-corrected chi connectivity index (χ0v) is 18.4. The highest BCUT2D eigenvalue weighted by Gasteiger charge is 2.35. The molecule has 1 aliphatic rings. The summed E-state index contributed by atoms with van der Waals surface area (Å²) in [6.07, 6.45) is 1.93. The molecule has 1 unspecified atom stereocenters. The van der Waals surface area contributed by atoms with Gasteiger partial charge in [0, 0.05) is 32.7 Å². The standard InChI is InChI=1S/C26H35N3O/c1-22(2)26(21-27,25-11-4-3-5-12-25)13-8-14-28-15-17-29(18-16-28)19-23-9-6-7-10-24(23)20-30/h3-7,9-12,22,30H,8,13-20H2,1-2H3. The minimum Gasteiger partial charge on any atom is -0.392 e. The molecule has 2 aromatic rings. The molecule has 160 valence electrons. The van der Waals surface area contributed by atoms with Crippen molar-refractivity contribution in [1.82, 2.24) is 9.80 Å². The Balaban J connectivity index is 1.50. The molecule has 1 fully saturated rings. The molecule has 0 amide bonds. The highest BCUT2D eigenvalue weighted by atomic mass is 16.3. The first-order chi connectivity index (χ1) is 14.6. The average Bonchev–Trinajstić information content (AvgIpc) is 2.79. The Hall–Kier alpha value is -2.19. The monoisotopic (exact) mass is 405 g/mol. The van der Waals surface area contributed by atoms with Crippen LogP contribution >= 0.6 is 0 Å². The van der Waals surface area contributed by atoms with E-state index >= 15 is 0 Å². The number of aliphatic hydroxyl groups is 1. The number of aliphatic hydroxyl groups excluding tert-OH is 1. The van der Waals surface area contributed by atoms with Crippen molar-refractivity contribution in [3.8, 4) is 6.07 Å². The van der Waals surface area contributed by atoms with Crippen LogP contribution in [-0.2, 0) is 18.6 Å². The number of rotatable bonds is 9. The van der Waals surface area contributed by atoms with E-state index in [2.05, 4.69) is 47.9 Å². The van der Waals surface area contributed by atoms with Gasteiger partial charge in [0.25, 0.3) is 0 Å². The summed E-state index contributed by atoms with van der Waals surface area (Å²) in [5.74, 6) is 0.286. The first kappa shape index (κ1) is 22.5. The summed E-state index contributed by atoms with van der Waals surface area (Å²) >= 11 is 0. The second-order valence-corrected chi connectivity index (χ2v) is 8.75. The van der Waals surface area contributed by atoms with Gasteiger partial charge in [0.1, 0.15) is 0 Å². The maximum atomic E-state index is 10.1. The van der Waals surface area contributed by atoms with Crippen molar-refractivity contribution in [2.45, 2.75) is 45.3 Å². The zero-order valence-electron chi connectivity index (χ0n) is 18.4. The third-order valence-corrected chi connectivity index (χ3v) is 6.67. The summed E-state index contributed by atoms with van der Waals surface area (Å²) in [4.78, 5) is 5.00. The summed E-state index contributed by atoms with van der Waals surface area (Å²) in [5.41, 5.74) is 3.00. The molecule has 3 rings (SSSR count). The van der Waals surface area contributed by atoms with Gasteiger partial charge < -0.3 is 10.0 Å². The summed E-state index contributed by atoms with van der Waals surface area (Å²) < 4.78 is 0. The molecule has 0 radical (unpaired) electrons. The van der Waals surface area contributed by atoms with Gasteiger partial charge in [-0.25, -0.2) is 0 Å². The largest absolute Gasteiger partial charge is 0.392 e. The molecule has 1 N–H and O–H groups in total. The van der Waals surface area contributed by atoms with Gasteiger partial charge in [-0.1, -0.05) is 68.4 Å². The Morgan fingerprint density at radius 2 is 1.53 bits per heavy atom. The van der Waals surface area contributed by atoms with Crippen molar-refractivity contribution in [3.05, 3.63) is 71.3 Å². The van der Waals surface area contributed by atoms with Crippen LogP contribution in [-0.4, -0.2) is 47.6 Å². The van der Waals surface area contributed by atoms with Crippen LogP contribution in [0, 0.1) is 17.2 Å². The predicted molar refractivity (Wildman–Crippen MR) is 122 cm³/mol. The first-order valence-electron chi connectivity index (χ1n) is 11.2. The van der Waals surface area contributed by atoms with Crippen LogP contribution in [0.5, 0.6) is 0 Å². The molecule has 0 spiro atoms. The van der Waals surface area contributed by atoms with Gasteiger partial charge >= 0.3 is 0 Å². The SMILES string of the molecule is CC(C)C(C#N)(CCCN1CCN(Cc2ccccc2CO)CC1)c1ccccc1. The Morgan fingerprint density at radius 1 is 0.933 bits per heavy atom. The van der Waals surface area contributed by atoms with E-state index in [0.717, 1.165) is 63.2 Å². The van der Waals surface area contributed by atoms with Gasteiger partial charge in [-0.3, -0.25) is 4.90 Å². The third kappa shape index (κ3) is 5.29. The fraction of sp³-hybridized carbons (Fsp3) is 0.500. The van der Waals surface area contributed by atoms with E-state index in [1.165, 1.54) is 5.56 Å².